The number of hydrogen-bond donors (Lipinski definition) is 1. The molecule has 4 rings (SSSR count). The van der Waals surface area contributed by atoms with E-state index in [1.807, 2.05) is 24.3 Å². The van der Waals surface area contributed by atoms with Gasteiger partial charge >= 0.3 is 0 Å². The molecule has 0 bridgehead atoms. The normalized spacial score (nSPS) is 18.0. The van der Waals surface area contributed by atoms with Gasteiger partial charge in [-0.2, -0.15) is 0 Å². The number of ether oxygens (including phenoxy) is 2. The Labute approximate surface area is 233 Å². The maximum absolute atomic E-state index is 13.4. The summed E-state index contributed by atoms with van der Waals surface area (Å²) in [6.45, 7) is 7.97. The number of nitrogens with one attached hydrogen (secondary N) is 1. The first kappa shape index (κ1) is 28.5. The fraction of sp³-hybridized carbons (Fsp3) is 0.364. The van der Waals surface area contributed by atoms with Crippen LogP contribution < -0.4 is 10.1 Å². The first-order chi connectivity index (χ1) is 19.0. The number of halogens is 1. The Balaban J connectivity index is 0.00000441. The summed E-state index contributed by atoms with van der Waals surface area (Å²) in [5, 5.41) is 3.08. The summed E-state index contributed by atoms with van der Waals surface area (Å²) < 4.78 is 25.1. The van der Waals surface area contributed by atoms with E-state index in [2.05, 4.69) is 48.0 Å². The fourth-order valence-corrected chi connectivity index (χ4v) is 5.08. The molecular formula is C33H41FN2O3. The zero-order valence-corrected chi connectivity index (χ0v) is 22.7. The van der Waals surface area contributed by atoms with Crippen molar-refractivity contribution in [3.8, 4) is 11.5 Å². The van der Waals surface area contributed by atoms with Crippen LogP contribution >= 0.6 is 0 Å². The minimum absolute atomic E-state index is 0. The van der Waals surface area contributed by atoms with Crippen LogP contribution in [-0.4, -0.2) is 36.7 Å². The van der Waals surface area contributed by atoms with Gasteiger partial charge in [0.05, 0.1) is 19.4 Å². The smallest absolute Gasteiger partial charge is 0.241 e. The summed E-state index contributed by atoms with van der Waals surface area (Å²) in [5.74, 6) is 1.69. The predicted molar refractivity (Wildman–Crippen MR) is 156 cm³/mol. The molecule has 1 aliphatic rings. The van der Waals surface area contributed by atoms with E-state index in [9.17, 15) is 9.18 Å². The molecule has 1 aliphatic heterocycles. The van der Waals surface area contributed by atoms with Crippen LogP contribution in [0.1, 0.15) is 39.6 Å². The number of allylic oxidation sites excluding steroid dienone is 1. The van der Waals surface area contributed by atoms with Gasteiger partial charge in [0.25, 0.3) is 0 Å². The Kier molecular flexibility index (Phi) is 10.7. The average Bonchev–Trinajstić information content (AvgIpc) is 3.36. The molecular weight excluding hydrogens is 491 g/mol. The molecule has 3 atom stereocenters. The minimum atomic E-state index is -0.310. The zero-order chi connectivity index (χ0) is 27.5. The molecule has 0 radical (unpaired) electrons. The van der Waals surface area contributed by atoms with Gasteiger partial charge in [0, 0.05) is 13.7 Å². The van der Waals surface area contributed by atoms with Crippen LogP contribution in [0.3, 0.4) is 0 Å². The number of hydrogen-bond acceptors (Lipinski definition) is 4. The van der Waals surface area contributed by atoms with Crippen molar-refractivity contribution >= 4 is 11.6 Å². The third-order valence-electron chi connectivity index (χ3n) is 7.30. The average molecular weight is 533 g/mol. The Morgan fingerprint density at radius 2 is 1.79 bits per heavy atom. The van der Waals surface area contributed by atoms with Crippen molar-refractivity contribution in [2.75, 3.05) is 25.2 Å². The molecule has 0 saturated carbocycles. The SMILES string of the molecule is C=CCCC(CC)COCN1C[C@H](Cc2ccccc2)C[C@H]1C(=O)Nc1ccc(Oc2ccc(F)cc2)cc1.[HH]. The summed E-state index contributed by atoms with van der Waals surface area (Å²) in [6.07, 6.45) is 6.80. The Morgan fingerprint density at radius 1 is 1.10 bits per heavy atom. The third kappa shape index (κ3) is 8.77. The largest absolute Gasteiger partial charge is 0.457 e. The maximum atomic E-state index is 13.4. The second-order valence-electron chi connectivity index (χ2n) is 10.3. The standard InChI is InChI=1S/C33H39FN2O3.H2/c1-3-5-9-25(4-2)23-38-24-36-22-27(20-26-10-7-6-8-11-26)21-32(36)33(37)35-29-14-18-31(19-15-29)39-30-16-12-28(34)13-17-30;/h3,6-8,10-19,25,27,32H,1,4-5,9,20-24H2,2H3,(H,35,37);1H/t25?,27-,32+;/m1./s1. The Bertz CT molecular complexity index is 1170. The van der Waals surface area contributed by atoms with Gasteiger partial charge in [0.15, 0.2) is 0 Å². The quantitative estimate of drug-likeness (QED) is 0.216. The van der Waals surface area contributed by atoms with E-state index in [-0.39, 0.29) is 19.2 Å². The Morgan fingerprint density at radius 3 is 2.46 bits per heavy atom. The van der Waals surface area contributed by atoms with E-state index in [1.54, 1.807) is 24.3 Å². The summed E-state index contributed by atoms with van der Waals surface area (Å²) in [6, 6.07) is 23.3. The van der Waals surface area contributed by atoms with Crippen molar-refractivity contribution < 1.29 is 20.1 Å². The van der Waals surface area contributed by atoms with Gasteiger partial charge in [0.1, 0.15) is 17.3 Å². The van der Waals surface area contributed by atoms with Crippen molar-refractivity contribution in [3.05, 3.63) is 103 Å². The van der Waals surface area contributed by atoms with Crippen molar-refractivity contribution in [3.63, 3.8) is 0 Å². The highest BCUT2D eigenvalue weighted by molar-refractivity contribution is 5.95. The molecule has 1 heterocycles. The number of carbonyl (C=O) groups excluding carboxylic acids is 1. The highest BCUT2D eigenvalue weighted by Crippen LogP contribution is 2.29. The second kappa shape index (κ2) is 14.6. The summed E-state index contributed by atoms with van der Waals surface area (Å²) in [5.41, 5.74) is 1.99. The number of nitrogens with zero attached hydrogens (tertiary/aromatic N) is 1. The number of benzene rings is 3. The summed E-state index contributed by atoms with van der Waals surface area (Å²) in [4.78, 5) is 15.6. The van der Waals surface area contributed by atoms with Crippen LogP contribution in [-0.2, 0) is 16.0 Å². The summed E-state index contributed by atoms with van der Waals surface area (Å²) in [7, 11) is 0. The van der Waals surface area contributed by atoms with E-state index in [4.69, 9.17) is 9.47 Å². The number of rotatable bonds is 14. The maximum Gasteiger partial charge on any atom is 0.241 e. The van der Waals surface area contributed by atoms with Crippen molar-refractivity contribution in [1.82, 2.24) is 4.90 Å². The van der Waals surface area contributed by atoms with Gasteiger partial charge in [-0.15, -0.1) is 6.58 Å². The molecule has 0 aromatic heterocycles. The van der Waals surface area contributed by atoms with E-state index in [0.717, 1.165) is 38.6 Å². The molecule has 1 fully saturated rings. The van der Waals surface area contributed by atoms with Crippen LogP contribution in [0.4, 0.5) is 10.1 Å². The molecule has 208 valence electrons. The molecule has 0 aliphatic carbocycles. The monoisotopic (exact) mass is 532 g/mol. The molecule has 6 heteroatoms. The second-order valence-corrected chi connectivity index (χ2v) is 10.3. The first-order valence-electron chi connectivity index (χ1n) is 13.8. The molecule has 39 heavy (non-hydrogen) atoms. The van der Waals surface area contributed by atoms with E-state index < -0.39 is 0 Å². The van der Waals surface area contributed by atoms with E-state index in [1.165, 1.54) is 17.7 Å². The van der Waals surface area contributed by atoms with Gasteiger partial charge in [-0.25, -0.2) is 4.39 Å². The fourth-order valence-electron chi connectivity index (χ4n) is 5.08. The molecule has 1 unspecified atom stereocenters. The van der Waals surface area contributed by atoms with Crippen LogP contribution in [0.5, 0.6) is 11.5 Å². The van der Waals surface area contributed by atoms with E-state index in [0.29, 0.717) is 42.4 Å². The molecule has 1 N–H and O–H groups in total. The third-order valence-corrected chi connectivity index (χ3v) is 7.30. The van der Waals surface area contributed by atoms with Crippen LogP contribution in [0.25, 0.3) is 0 Å². The van der Waals surface area contributed by atoms with Crippen molar-refractivity contribution in [1.29, 1.82) is 0 Å². The van der Waals surface area contributed by atoms with Crippen LogP contribution in [0.15, 0.2) is 91.5 Å². The molecule has 5 nitrogen and oxygen atoms in total. The van der Waals surface area contributed by atoms with Crippen molar-refractivity contribution in [2.45, 2.75) is 45.1 Å². The number of amides is 1. The van der Waals surface area contributed by atoms with Gasteiger partial charge < -0.3 is 14.8 Å². The van der Waals surface area contributed by atoms with Gasteiger partial charge in [-0.3, -0.25) is 9.69 Å². The lowest BCUT2D eigenvalue weighted by molar-refractivity contribution is -0.122. The number of anilines is 1. The van der Waals surface area contributed by atoms with Crippen LogP contribution in [0.2, 0.25) is 0 Å². The predicted octanol–water partition coefficient (Wildman–Crippen LogP) is 7.70. The molecule has 1 saturated heterocycles. The topological polar surface area (TPSA) is 50.8 Å². The lowest BCUT2D eigenvalue weighted by atomic mass is 9.96. The Hall–Kier alpha value is -3.48. The van der Waals surface area contributed by atoms with Gasteiger partial charge in [0.2, 0.25) is 5.91 Å². The van der Waals surface area contributed by atoms with Gasteiger partial charge in [-0.1, -0.05) is 49.8 Å². The highest BCUT2D eigenvalue weighted by atomic mass is 19.1. The minimum Gasteiger partial charge on any atom is -0.457 e. The molecule has 3 aromatic carbocycles. The lowest BCUT2D eigenvalue weighted by Crippen LogP contribution is -2.41. The van der Waals surface area contributed by atoms with E-state index >= 15 is 0 Å². The summed E-state index contributed by atoms with van der Waals surface area (Å²) >= 11 is 0. The number of likely N-dealkylation sites (tertiary alicyclic amines) is 1. The van der Waals surface area contributed by atoms with Gasteiger partial charge in [-0.05, 0) is 91.6 Å². The van der Waals surface area contributed by atoms with Crippen molar-refractivity contribution in [2.24, 2.45) is 11.8 Å². The molecule has 1 amide bonds. The molecule has 0 spiro atoms. The first-order valence-corrected chi connectivity index (χ1v) is 13.8. The number of carbonyl (C=O) groups is 1. The highest BCUT2D eigenvalue weighted by Gasteiger charge is 2.37. The molecule has 3 aromatic rings. The zero-order valence-electron chi connectivity index (χ0n) is 22.7. The lowest BCUT2D eigenvalue weighted by Gasteiger charge is -2.24. The van der Waals surface area contributed by atoms with Crippen LogP contribution in [0, 0.1) is 17.7 Å².